The summed E-state index contributed by atoms with van der Waals surface area (Å²) in [5.74, 6) is -0.0676. The molecule has 0 aliphatic carbocycles. The Kier molecular flexibility index (Phi) is 6.38. The number of alkyl halides is 3. The average Bonchev–Trinajstić information content (AvgIpc) is 3.46. The first-order valence-corrected chi connectivity index (χ1v) is 12.2. The van der Waals surface area contributed by atoms with Crippen molar-refractivity contribution in [1.82, 2.24) is 4.90 Å². The van der Waals surface area contributed by atoms with Crippen LogP contribution in [0, 0.1) is 5.92 Å². The molecule has 36 heavy (non-hydrogen) atoms. The number of urea groups is 1. The number of likely N-dealkylation sites (tertiary alicyclic amines) is 1. The van der Waals surface area contributed by atoms with Gasteiger partial charge in [-0.25, -0.2) is 4.79 Å². The molecule has 2 aromatic carbocycles. The molecule has 0 atom stereocenters. The number of nitrogens with zero attached hydrogens (tertiary/aromatic N) is 2. The molecule has 0 unspecified atom stereocenters. The van der Waals surface area contributed by atoms with Crippen molar-refractivity contribution in [1.29, 1.82) is 0 Å². The quantitative estimate of drug-likeness (QED) is 0.415. The zero-order chi connectivity index (χ0) is 25.4. The number of thiophene rings is 1. The lowest BCUT2D eigenvalue weighted by molar-refractivity contribution is -0.149. The van der Waals surface area contributed by atoms with Gasteiger partial charge < -0.3 is 14.4 Å². The van der Waals surface area contributed by atoms with Crippen LogP contribution in [0.15, 0.2) is 54.6 Å². The highest BCUT2D eigenvalue weighted by molar-refractivity contribution is 7.12. The number of carbonyl (C=O) groups excluding carboxylic acids is 2. The lowest BCUT2D eigenvalue weighted by Crippen LogP contribution is -2.57. The first kappa shape index (κ1) is 24.2. The molecular formula is C26H23F3N2O4S. The molecular weight excluding hydrogens is 493 g/mol. The second-order valence-electron chi connectivity index (χ2n) is 8.71. The van der Waals surface area contributed by atoms with E-state index in [9.17, 15) is 22.8 Å². The molecule has 2 aliphatic rings. The molecule has 3 heterocycles. The van der Waals surface area contributed by atoms with Crippen LogP contribution in [0.4, 0.5) is 23.7 Å². The fourth-order valence-corrected chi connectivity index (χ4v) is 5.46. The second-order valence-corrected chi connectivity index (χ2v) is 9.84. The summed E-state index contributed by atoms with van der Waals surface area (Å²) in [4.78, 5) is 27.5. The second kappa shape index (κ2) is 9.50. The molecule has 5 rings (SSSR count). The Morgan fingerprint density at radius 2 is 1.83 bits per heavy atom. The summed E-state index contributed by atoms with van der Waals surface area (Å²) in [6.07, 6.45) is -3.81. The van der Waals surface area contributed by atoms with Gasteiger partial charge in [-0.15, -0.1) is 11.3 Å². The van der Waals surface area contributed by atoms with Crippen molar-refractivity contribution >= 4 is 29.0 Å². The third kappa shape index (κ3) is 4.65. The van der Waals surface area contributed by atoms with Gasteiger partial charge in [-0.05, 0) is 41.8 Å². The molecule has 10 heteroatoms. The van der Waals surface area contributed by atoms with Crippen LogP contribution in [0.2, 0.25) is 0 Å². The molecule has 3 aromatic rings. The third-order valence-corrected chi connectivity index (χ3v) is 7.52. The van der Waals surface area contributed by atoms with E-state index in [0.29, 0.717) is 53.6 Å². The number of ether oxygens (including phenoxy) is 2. The summed E-state index contributed by atoms with van der Waals surface area (Å²) < 4.78 is 51.5. The largest absolute Gasteiger partial charge is 0.488 e. The van der Waals surface area contributed by atoms with Crippen molar-refractivity contribution in [3.63, 3.8) is 0 Å². The number of esters is 1. The van der Waals surface area contributed by atoms with E-state index in [4.69, 9.17) is 9.47 Å². The van der Waals surface area contributed by atoms with E-state index in [-0.39, 0.29) is 30.1 Å². The number of carbonyl (C=O) groups is 2. The number of hydrogen-bond donors (Lipinski definition) is 0. The van der Waals surface area contributed by atoms with Gasteiger partial charge in [-0.1, -0.05) is 30.3 Å². The van der Waals surface area contributed by atoms with Gasteiger partial charge in [-0.3, -0.25) is 9.69 Å². The predicted molar refractivity (Wildman–Crippen MR) is 129 cm³/mol. The van der Waals surface area contributed by atoms with Crippen molar-refractivity contribution in [3.8, 4) is 16.9 Å². The predicted octanol–water partition coefficient (Wildman–Crippen LogP) is 5.60. The summed E-state index contributed by atoms with van der Waals surface area (Å²) in [6, 6.07) is 15.2. The van der Waals surface area contributed by atoms with Gasteiger partial charge in [0.1, 0.15) is 17.2 Å². The number of hydrogen-bond acceptors (Lipinski definition) is 5. The van der Waals surface area contributed by atoms with Crippen LogP contribution in [0.3, 0.4) is 0 Å². The van der Waals surface area contributed by atoms with Gasteiger partial charge in [0.25, 0.3) is 0 Å². The van der Waals surface area contributed by atoms with E-state index < -0.39 is 11.1 Å². The van der Waals surface area contributed by atoms with Crippen LogP contribution in [0.25, 0.3) is 11.1 Å². The first-order chi connectivity index (χ1) is 17.2. The van der Waals surface area contributed by atoms with Crippen molar-refractivity contribution in [2.45, 2.75) is 19.2 Å². The van der Waals surface area contributed by atoms with E-state index in [0.717, 1.165) is 11.3 Å². The molecule has 1 fully saturated rings. The summed E-state index contributed by atoms with van der Waals surface area (Å²) >= 11 is 0.685. The maximum Gasteiger partial charge on any atom is 0.426 e. The number of halogens is 3. The van der Waals surface area contributed by atoms with Crippen molar-refractivity contribution in [3.05, 3.63) is 69.9 Å². The van der Waals surface area contributed by atoms with Crippen LogP contribution in [-0.2, 0) is 28.7 Å². The monoisotopic (exact) mass is 516 g/mol. The SMILES string of the molecule is COC(=O)C1CN(C(=O)N2CCc3cc(OCc4cc(-c5ccccc5)c(C(F)(F)F)s4)ccc32)C1. The van der Waals surface area contributed by atoms with E-state index in [1.165, 1.54) is 13.2 Å². The Morgan fingerprint density at radius 1 is 1.08 bits per heavy atom. The first-order valence-electron chi connectivity index (χ1n) is 11.4. The highest BCUT2D eigenvalue weighted by Gasteiger charge is 2.40. The summed E-state index contributed by atoms with van der Waals surface area (Å²) in [5, 5.41) is 0. The van der Waals surface area contributed by atoms with Crippen LogP contribution < -0.4 is 9.64 Å². The Hall–Kier alpha value is -3.53. The van der Waals surface area contributed by atoms with Crippen LogP contribution in [0.5, 0.6) is 5.75 Å². The number of fused-ring (bicyclic) bond motifs is 1. The standard InChI is InChI=1S/C26H23F3N2O4S/c1-34-24(32)18-13-30(14-18)25(33)31-10-9-17-11-19(7-8-22(17)31)35-15-20-12-21(16-5-3-2-4-6-16)23(36-20)26(27,28)29/h2-8,11-12,18H,9-10,13-15H2,1H3. The summed E-state index contributed by atoms with van der Waals surface area (Å²) in [7, 11) is 1.33. The van der Waals surface area contributed by atoms with Crippen molar-refractivity contribution in [2.24, 2.45) is 5.92 Å². The van der Waals surface area contributed by atoms with Gasteiger partial charge in [0, 0.05) is 35.8 Å². The molecule has 1 saturated heterocycles. The third-order valence-electron chi connectivity index (χ3n) is 6.37. The molecule has 2 aliphatic heterocycles. The lowest BCUT2D eigenvalue weighted by atomic mass is 10.0. The summed E-state index contributed by atoms with van der Waals surface area (Å²) in [6.45, 7) is 1.19. The van der Waals surface area contributed by atoms with E-state index in [1.807, 2.05) is 6.07 Å². The maximum absolute atomic E-state index is 13.6. The zero-order valence-corrected chi connectivity index (χ0v) is 20.2. The Morgan fingerprint density at radius 3 is 2.53 bits per heavy atom. The van der Waals surface area contributed by atoms with Gasteiger partial charge in [0.15, 0.2) is 0 Å². The number of benzene rings is 2. The molecule has 2 amide bonds. The number of methoxy groups -OCH3 is 1. The minimum atomic E-state index is -4.45. The molecule has 6 nitrogen and oxygen atoms in total. The molecule has 0 radical (unpaired) electrons. The number of amides is 2. The molecule has 188 valence electrons. The Bertz CT molecular complexity index is 1290. The van der Waals surface area contributed by atoms with E-state index in [1.54, 1.807) is 52.3 Å². The van der Waals surface area contributed by atoms with E-state index >= 15 is 0 Å². The topological polar surface area (TPSA) is 59.1 Å². The Labute approximate surface area is 209 Å². The normalized spacial score (nSPS) is 15.4. The Balaban J connectivity index is 1.26. The van der Waals surface area contributed by atoms with Gasteiger partial charge >= 0.3 is 18.2 Å². The fraction of sp³-hybridized carbons (Fsp3) is 0.308. The van der Waals surface area contributed by atoms with Crippen LogP contribution >= 0.6 is 11.3 Å². The van der Waals surface area contributed by atoms with Crippen molar-refractivity contribution in [2.75, 3.05) is 31.6 Å². The minimum absolute atomic E-state index is 0.00467. The fourth-order valence-electron chi connectivity index (χ4n) is 4.50. The average molecular weight is 517 g/mol. The smallest absolute Gasteiger partial charge is 0.426 e. The lowest BCUT2D eigenvalue weighted by Gasteiger charge is -2.39. The van der Waals surface area contributed by atoms with Crippen LogP contribution in [0.1, 0.15) is 15.3 Å². The van der Waals surface area contributed by atoms with Gasteiger partial charge in [0.05, 0.1) is 13.0 Å². The number of anilines is 1. The minimum Gasteiger partial charge on any atom is -0.488 e. The van der Waals surface area contributed by atoms with Gasteiger partial charge in [-0.2, -0.15) is 13.2 Å². The maximum atomic E-state index is 13.6. The zero-order valence-electron chi connectivity index (χ0n) is 19.4. The molecule has 1 aromatic heterocycles. The van der Waals surface area contributed by atoms with Gasteiger partial charge in [0.2, 0.25) is 0 Å². The van der Waals surface area contributed by atoms with Crippen molar-refractivity contribution < 1.29 is 32.2 Å². The summed E-state index contributed by atoms with van der Waals surface area (Å²) in [5.41, 5.74) is 2.36. The molecule has 0 spiro atoms. The highest BCUT2D eigenvalue weighted by atomic mass is 32.1. The molecule has 0 saturated carbocycles. The van der Waals surface area contributed by atoms with E-state index in [2.05, 4.69) is 0 Å². The molecule has 0 bridgehead atoms. The number of rotatable bonds is 5. The highest BCUT2D eigenvalue weighted by Crippen LogP contribution is 2.43. The van der Waals surface area contributed by atoms with Crippen LogP contribution in [-0.4, -0.2) is 43.6 Å². The molecule has 0 N–H and O–H groups in total.